The van der Waals surface area contributed by atoms with Gasteiger partial charge in [0.05, 0.1) is 18.2 Å². The Balaban J connectivity index is 1.82. The normalized spacial score (nSPS) is 17.7. The van der Waals surface area contributed by atoms with Crippen molar-refractivity contribution in [2.24, 2.45) is 0 Å². The van der Waals surface area contributed by atoms with Crippen molar-refractivity contribution in [3.63, 3.8) is 0 Å². The molecule has 1 atom stereocenters. The molecule has 156 valence electrons. The molecular formula is C26H23NO4. The summed E-state index contributed by atoms with van der Waals surface area (Å²) in [4.78, 5) is 27.5. The first kappa shape index (κ1) is 20.4. The van der Waals surface area contributed by atoms with Crippen molar-refractivity contribution in [2.45, 2.75) is 19.4 Å². The fourth-order valence-electron chi connectivity index (χ4n) is 3.72. The second kappa shape index (κ2) is 8.88. The first-order valence-corrected chi connectivity index (χ1v) is 10.3. The molecule has 1 N–H and O–H groups in total. The third-order valence-corrected chi connectivity index (χ3v) is 5.19. The highest BCUT2D eigenvalue weighted by atomic mass is 16.5. The van der Waals surface area contributed by atoms with Gasteiger partial charge in [-0.15, -0.1) is 0 Å². The summed E-state index contributed by atoms with van der Waals surface area (Å²) >= 11 is 0. The first-order valence-electron chi connectivity index (χ1n) is 10.3. The Hall–Kier alpha value is -3.86. The number of aliphatic hydroxyl groups excluding tert-OH is 1. The van der Waals surface area contributed by atoms with Gasteiger partial charge in [-0.2, -0.15) is 0 Å². The van der Waals surface area contributed by atoms with Crippen molar-refractivity contribution in [2.75, 3.05) is 11.5 Å². The number of anilines is 1. The van der Waals surface area contributed by atoms with Crippen molar-refractivity contribution in [3.8, 4) is 5.75 Å². The summed E-state index contributed by atoms with van der Waals surface area (Å²) in [5, 5.41) is 11.1. The summed E-state index contributed by atoms with van der Waals surface area (Å²) in [6.45, 7) is 2.62. The Morgan fingerprint density at radius 2 is 1.52 bits per heavy atom. The molecule has 3 aromatic carbocycles. The summed E-state index contributed by atoms with van der Waals surface area (Å²) < 4.78 is 5.59. The highest BCUT2D eigenvalue weighted by Gasteiger charge is 2.46. The zero-order chi connectivity index (χ0) is 21.8. The number of carbonyl (C=O) groups is 2. The summed E-state index contributed by atoms with van der Waals surface area (Å²) in [5.74, 6) is -0.888. The van der Waals surface area contributed by atoms with Gasteiger partial charge in [0.1, 0.15) is 11.5 Å². The molecule has 1 aliphatic heterocycles. The number of Topliss-reactive ketones (excluding diaryl/α,β-unsaturated/α-hetero) is 1. The average molecular weight is 413 g/mol. The quantitative estimate of drug-likeness (QED) is 0.347. The summed E-state index contributed by atoms with van der Waals surface area (Å²) in [6, 6.07) is 24.4. The monoisotopic (exact) mass is 413 g/mol. The molecule has 1 fully saturated rings. The minimum atomic E-state index is -0.723. The largest absolute Gasteiger partial charge is 0.507 e. The van der Waals surface area contributed by atoms with Crippen molar-refractivity contribution < 1.29 is 19.4 Å². The van der Waals surface area contributed by atoms with Gasteiger partial charge in [-0.3, -0.25) is 14.5 Å². The van der Waals surface area contributed by atoms with Crippen LogP contribution >= 0.6 is 0 Å². The van der Waals surface area contributed by atoms with E-state index in [1.165, 1.54) is 4.90 Å². The van der Waals surface area contributed by atoms with Crippen LogP contribution in [0.4, 0.5) is 5.69 Å². The number of rotatable bonds is 6. The van der Waals surface area contributed by atoms with Crippen LogP contribution in [0, 0.1) is 0 Å². The zero-order valence-corrected chi connectivity index (χ0v) is 17.2. The van der Waals surface area contributed by atoms with E-state index < -0.39 is 17.7 Å². The lowest BCUT2D eigenvalue weighted by molar-refractivity contribution is -0.132. The van der Waals surface area contributed by atoms with E-state index in [-0.39, 0.29) is 11.3 Å². The van der Waals surface area contributed by atoms with Crippen LogP contribution < -0.4 is 9.64 Å². The van der Waals surface area contributed by atoms with Crippen LogP contribution in [0.5, 0.6) is 5.75 Å². The van der Waals surface area contributed by atoms with E-state index in [0.717, 1.165) is 12.0 Å². The molecule has 1 unspecified atom stereocenters. The minimum Gasteiger partial charge on any atom is -0.507 e. The van der Waals surface area contributed by atoms with Gasteiger partial charge in [-0.05, 0) is 48.4 Å². The van der Waals surface area contributed by atoms with Gasteiger partial charge in [-0.1, -0.05) is 55.5 Å². The lowest BCUT2D eigenvalue weighted by Crippen LogP contribution is -2.29. The molecule has 0 saturated carbocycles. The number of aliphatic hydroxyl groups is 1. The van der Waals surface area contributed by atoms with Gasteiger partial charge in [0.25, 0.3) is 11.7 Å². The topological polar surface area (TPSA) is 66.8 Å². The van der Waals surface area contributed by atoms with E-state index in [1.54, 1.807) is 36.4 Å². The smallest absolute Gasteiger partial charge is 0.300 e. The molecule has 0 radical (unpaired) electrons. The molecule has 4 rings (SSSR count). The van der Waals surface area contributed by atoms with Crippen molar-refractivity contribution >= 4 is 23.1 Å². The van der Waals surface area contributed by atoms with Crippen molar-refractivity contribution in [1.82, 2.24) is 0 Å². The van der Waals surface area contributed by atoms with Crippen LogP contribution in [0.15, 0.2) is 90.5 Å². The van der Waals surface area contributed by atoms with E-state index in [2.05, 4.69) is 0 Å². The van der Waals surface area contributed by atoms with Crippen molar-refractivity contribution in [3.05, 3.63) is 102 Å². The lowest BCUT2D eigenvalue weighted by Gasteiger charge is -2.25. The molecule has 1 saturated heterocycles. The number of ether oxygens (including phenoxy) is 1. The van der Waals surface area contributed by atoms with Gasteiger partial charge in [0, 0.05) is 11.3 Å². The average Bonchev–Trinajstić information content (AvgIpc) is 3.09. The molecule has 5 nitrogen and oxygen atoms in total. The maximum Gasteiger partial charge on any atom is 0.300 e. The second-order valence-corrected chi connectivity index (χ2v) is 7.29. The SMILES string of the molecule is CCCOc1ccc(/C(O)=C2/C(=O)C(=O)N(c3ccccc3)C2c2ccccc2)cc1. The van der Waals surface area contributed by atoms with Crippen LogP contribution in [0.3, 0.4) is 0 Å². The van der Waals surface area contributed by atoms with Crippen LogP contribution in [0.2, 0.25) is 0 Å². The molecule has 3 aromatic rings. The Labute approximate surface area is 181 Å². The molecule has 31 heavy (non-hydrogen) atoms. The van der Waals surface area contributed by atoms with Gasteiger partial charge in [0.2, 0.25) is 0 Å². The summed E-state index contributed by atoms with van der Waals surface area (Å²) in [5.41, 5.74) is 1.87. The standard InChI is InChI=1S/C26H23NO4/c1-2-17-31-21-15-13-19(14-16-21)24(28)22-23(18-9-5-3-6-10-18)27(26(30)25(22)29)20-11-7-4-8-12-20/h3-16,23,28H,2,17H2,1H3/b24-22-. The predicted octanol–water partition coefficient (Wildman–Crippen LogP) is 5.10. The van der Waals surface area contributed by atoms with Crippen LogP contribution in [-0.2, 0) is 9.59 Å². The Bertz CT molecular complexity index is 1110. The molecule has 1 aliphatic rings. The van der Waals surface area contributed by atoms with E-state index in [9.17, 15) is 14.7 Å². The zero-order valence-electron chi connectivity index (χ0n) is 17.2. The van der Waals surface area contributed by atoms with Crippen molar-refractivity contribution in [1.29, 1.82) is 0 Å². The van der Waals surface area contributed by atoms with Crippen LogP contribution in [-0.4, -0.2) is 23.4 Å². The third-order valence-electron chi connectivity index (χ3n) is 5.19. The van der Waals surface area contributed by atoms with Gasteiger partial charge < -0.3 is 9.84 Å². The fraction of sp³-hybridized carbons (Fsp3) is 0.154. The predicted molar refractivity (Wildman–Crippen MR) is 120 cm³/mol. The number of hydrogen-bond acceptors (Lipinski definition) is 4. The number of para-hydroxylation sites is 1. The summed E-state index contributed by atoms with van der Waals surface area (Å²) in [6.07, 6.45) is 0.891. The fourth-order valence-corrected chi connectivity index (χ4v) is 3.72. The van der Waals surface area contributed by atoms with E-state index in [0.29, 0.717) is 23.6 Å². The number of hydrogen-bond donors (Lipinski definition) is 1. The lowest BCUT2D eigenvalue weighted by atomic mass is 9.95. The first-order chi connectivity index (χ1) is 15.1. The number of amides is 1. The second-order valence-electron chi connectivity index (χ2n) is 7.29. The molecule has 0 spiro atoms. The Morgan fingerprint density at radius 3 is 2.13 bits per heavy atom. The van der Waals surface area contributed by atoms with E-state index >= 15 is 0 Å². The van der Waals surface area contributed by atoms with Gasteiger partial charge >= 0.3 is 0 Å². The summed E-state index contributed by atoms with van der Waals surface area (Å²) in [7, 11) is 0. The highest BCUT2D eigenvalue weighted by Crippen LogP contribution is 2.42. The molecular weight excluding hydrogens is 390 g/mol. The Kier molecular flexibility index (Phi) is 5.85. The molecule has 0 aromatic heterocycles. The van der Waals surface area contributed by atoms with Gasteiger partial charge in [0.15, 0.2) is 0 Å². The number of nitrogens with zero attached hydrogens (tertiary/aromatic N) is 1. The van der Waals surface area contributed by atoms with E-state index in [4.69, 9.17) is 4.74 Å². The molecule has 1 heterocycles. The van der Waals surface area contributed by atoms with Crippen LogP contribution in [0.25, 0.3) is 5.76 Å². The Morgan fingerprint density at radius 1 is 0.903 bits per heavy atom. The number of ketones is 1. The molecule has 0 aliphatic carbocycles. The van der Waals surface area contributed by atoms with E-state index in [1.807, 2.05) is 55.5 Å². The molecule has 5 heteroatoms. The highest BCUT2D eigenvalue weighted by molar-refractivity contribution is 6.51. The maximum atomic E-state index is 13.1. The van der Waals surface area contributed by atoms with Gasteiger partial charge in [-0.25, -0.2) is 0 Å². The molecule has 1 amide bonds. The minimum absolute atomic E-state index is 0.0716. The maximum absolute atomic E-state index is 13.1. The third kappa shape index (κ3) is 3.94. The van der Waals surface area contributed by atoms with Crippen LogP contribution in [0.1, 0.15) is 30.5 Å². The number of benzene rings is 3. The molecule has 0 bridgehead atoms. The number of carbonyl (C=O) groups excluding carboxylic acids is 2.